The molecule has 2 N–H and O–H groups in total. The van der Waals surface area contributed by atoms with Crippen LogP contribution in [0.4, 0.5) is 10.6 Å². The molecule has 1 amide bonds. The second-order valence-electron chi connectivity index (χ2n) is 8.23. The van der Waals surface area contributed by atoms with Crippen LogP contribution in [0.2, 0.25) is 0 Å². The van der Waals surface area contributed by atoms with E-state index < -0.39 is 5.60 Å². The van der Waals surface area contributed by atoms with Crippen LogP contribution in [0.25, 0.3) is 5.65 Å². The molecule has 2 aliphatic rings. The third kappa shape index (κ3) is 3.58. The predicted molar refractivity (Wildman–Crippen MR) is 109 cm³/mol. The highest BCUT2D eigenvalue weighted by Gasteiger charge is 2.44. The van der Waals surface area contributed by atoms with E-state index in [1.807, 2.05) is 31.7 Å². The van der Waals surface area contributed by atoms with Crippen LogP contribution in [0.3, 0.4) is 0 Å². The van der Waals surface area contributed by atoms with E-state index in [2.05, 4.69) is 27.7 Å². The first-order valence-electron chi connectivity index (χ1n) is 9.11. The number of carbonyl (C=O) groups is 1. The first-order chi connectivity index (χ1) is 12.7. The fourth-order valence-electron chi connectivity index (χ4n) is 3.96. The minimum absolute atomic E-state index is 0.0133. The van der Waals surface area contributed by atoms with E-state index in [1.54, 1.807) is 10.7 Å². The lowest BCUT2D eigenvalue weighted by atomic mass is 9.83. The molecule has 0 saturated carbocycles. The second kappa shape index (κ2) is 6.77. The van der Waals surface area contributed by atoms with E-state index in [-0.39, 0.29) is 24.1 Å². The van der Waals surface area contributed by atoms with Gasteiger partial charge in [-0.25, -0.2) is 9.78 Å². The van der Waals surface area contributed by atoms with Crippen molar-refractivity contribution in [2.45, 2.75) is 57.2 Å². The van der Waals surface area contributed by atoms with Gasteiger partial charge in [0.25, 0.3) is 0 Å². The molecular formula is C18H24IN5O3. The maximum absolute atomic E-state index is 12.7. The Hall–Kier alpha value is -1.62. The van der Waals surface area contributed by atoms with Gasteiger partial charge in [-0.05, 0) is 56.2 Å². The lowest BCUT2D eigenvalue weighted by Crippen LogP contribution is -2.59. The summed E-state index contributed by atoms with van der Waals surface area (Å²) in [4.78, 5) is 19.4. The number of rotatable bonds is 1. The number of nitrogen functional groups attached to an aromatic ring is 1. The number of morpholine rings is 1. The average Bonchev–Trinajstić information content (AvgIpc) is 2.94. The summed E-state index contributed by atoms with van der Waals surface area (Å²) in [5, 5.41) is 4.26. The van der Waals surface area contributed by atoms with Gasteiger partial charge in [0.1, 0.15) is 11.4 Å². The molecule has 9 heteroatoms. The molecule has 2 aromatic heterocycles. The fourth-order valence-corrected chi connectivity index (χ4v) is 4.43. The van der Waals surface area contributed by atoms with Gasteiger partial charge in [0.05, 0.1) is 35.1 Å². The van der Waals surface area contributed by atoms with Crippen LogP contribution in [0, 0.1) is 3.57 Å². The molecule has 0 aromatic carbocycles. The molecule has 2 unspecified atom stereocenters. The van der Waals surface area contributed by atoms with Gasteiger partial charge < -0.3 is 15.2 Å². The van der Waals surface area contributed by atoms with Crippen LogP contribution in [0.5, 0.6) is 0 Å². The number of halogens is 1. The number of nitrogens with two attached hydrogens (primary N) is 1. The van der Waals surface area contributed by atoms with E-state index in [0.29, 0.717) is 19.0 Å². The highest BCUT2D eigenvalue weighted by atomic mass is 127. The number of anilines is 1. The zero-order chi connectivity index (χ0) is 19.3. The maximum atomic E-state index is 12.7. The van der Waals surface area contributed by atoms with Crippen molar-refractivity contribution in [1.82, 2.24) is 19.5 Å². The van der Waals surface area contributed by atoms with Gasteiger partial charge in [0.2, 0.25) is 0 Å². The lowest BCUT2D eigenvalue weighted by Gasteiger charge is -2.48. The molecule has 4 rings (SSSR count). The summed E-state index contributed by atoms with van der Waals surface area (Å²) in [5.41, 5.74) is 7.41. The molecule has 146 valence electrons. The predicted octanol–water partition coefficient (Wildman–Crippen LogP) is 2.80. The molecule has 27 heavy (non-hydrogen) atoms. The Balaban J connectivity index is 1.60. The smallest absolute Gasteiger partial charge is 0.410 e. The van der Waals surface area contributed by atoms with Crippen molar-refractivity contribution in [2.75, 3.05) is 18.9 Å². The highest BCUT2D eigenvalue weighted by Crippen LogP contribution is 2.38. The van der Waals surface area contributed by atoms with Crippen molar-refractivity contribution in [2.24, 2.45) is 0 Å². The van der Waals surface area contributed by atoms with Crippen LogP contribution < -0.4 is 5.73 Å². The summed E-state index contributed by atoms with van der Waals surface area (Å²) in [7, 11) is 0. The Kier molecular flexibility index (Phi) is 4.69. The Morgan fingerprint density at radius 3 is 2.63 bits per heavy atom. The second-order valence-corrected chi connectivity index (χ2v) is 9.40. The molecule has 2 aliphatic heterocycles. The van der Waals surface area contributed by atoms with Crippen LogP contribution in [-0.2, 0) is 9.47 Å². The molecule has 0 radical (unpaired) electrons. The minimum Gasteiger partial charge on any atom is -0.444 e. The standard InChI is InChI=1S/C18H24IN5O3/c1-18(2,3)27-17(25)23-11-4-10(5-12(23)9-26-8-11)14-6-15(20)24-16(22-14)13(19)7-21-24/h6-7,10-12H,4-5,8-9,20H2,1-3H3. The topological polar surface area (TPSA) is 95.0 Å². The summed E-state index contributed by atoms with van der Waals surface area (Å²) < 4.78 is 14.0. The molecule has 2 fully saturated rings. The van der Waals surface area contributed by atoms with Gasteiger partial charge in [-0.1, -0.05) is 0 Å². The van der Waals surface area contributed by atoms with E-state index >= 15 is 0 Å². The molecule has 0 spiro atoms. The normalized spacial score (nSPS) is 25.6. The van der Waals surface area contributed by atoms with Gasteiger partial charge >= 0.3 is 6.09 Å². The molecule has 2 atom stereocenters. The maximum Gasteiger partial charge on any atom is 0.410 e. The molecule has 2 aromatic rings. The molecule has 2 saturated heterocycles. The van der Waals surface area contributed by atoms with Crippen LogP contribution >= 0.6 is 22.6 Å². The van der Waals surface area contributed by atoms with Gasteiger partial charge in [-0.3, -0.25) is 4.90 Å². The molecular weight excluding hydrogens is 461 g/mol. The summed E-state index contributed by atoms with van der Waals surface area (Å²) in [6, 6.07) is 1.88. The Morgan fingerprint density at radius 2 is 2.00 bits per heavy atom. The molecule has 2 bridgehead atoms. The zero-order valence-corrected chi connectivity index (χ0v) is 17.8. The number of fused-ring (bicyclic) bond motifs is 3. The third-order valence-corrected chi connectivity index (χ3v) is 5.78. The van der Waals surface area contributed by atoms with Crippen molar-refractivity contribution in [1.29, 1.82) is 0 Å². The summed E-state index contributed by atoms with van der Waals surface area (Å²) >= 11 is 2.22. The first kappa shape index (κ1) is 18.7. The number of piperidine rings is 1. The van der Waals surface area contributed by atoms with Crippen molar-refractivity contribution in [3.05, 3.63) is 21.5 Å². The van der Waals surface area contributed by atoms with Crippen molar-refractivity contribution < 1.29 is 14.3 Å². The molecule has 0 aliphatic carbocycles. The van der Waals surface area contributed by atoms with Gasteiger partial charge in [0, 0.05) is 17.7 Å². The van der Waals surface area contributed by atoms with Crippen molar-refractivity contribution in [3.8, 4) is 0 Å². The number of carbonyl (C=O) groups excluding carboxylic acids is 1. The van der Waals surface area contributed by atoms with E-state index in [9.17, 15) is 4.79 Å². The first-order valence-corrected chi connectivity index (χ1v) is 10.2. The highest BCUT2D eigenvalue weighted by molar-refractivity contribution is 14.1. The van der Waals surface area contributed by atoms with Crippen LogP contribution in [0.1, 0.15) is 45.2 Å². The largest absolute Gasteiger partial charge is 0.444 e. The number of aromatic nitrogens is 3. The number of nitrogens with zero attached hydrogens (tertiary/aromatic N) is 4. The number of hydrogen-bond donors (Lipinski definition) is 1. The van der Waals surface area contributed by atoms with Crippen molar-refractivity contribution >= 4 is 40.1 Å². The van der Waals surface area contributed by atoms with Gasteiger partial charge in [-0.2, -0.15) is 9.61 Å². The third-order valence-electron chi connectivity index (χ3n) is 5.02. The summed E-state index contributed by atoms with van der Waals surface area (Å²) in [6.07, 6.45) is 3.07. The van der Waals surface area contributed by atoms with Crippen LogP contribution in [-0.4, -0.2) is 56.5 Å². The summed E-state index contributed by atoms with van der Waals surface area (Å²) in [6.45, 7) is 6.71. The van der Waals surface area contributed by atoms with E-state index in [1.165, 1.54) is 0 Å². The quantitative estimate of drug-likeness (QED) is 0.625. The Labute approximate surface area is 171 Å². The van der Waals surface area contributed by atoms with E-state index in [4.69, 9.17) is 20.2 Å². The summed E-state index contributed by atoms with van der Waals surface area (Å²) in [5.74, 6) is 0.800. The van der Waals surface area contributed by atoms with Crippen LogP contribution in [0.15, 0.2) is 12.3 Å². The minimum atomic E-state index is -0.511. The number of amides is 1. The Bertz CT molecular complexity index is 864. The fraction of sp³-hybridized carbons (Fsp3) is 0.611. The van der Waals surface area contributed by atoms with Gasteiger partial charge in [0.15, 0.2) is 5.65 Å². The number of hydrogen-bond acceptors (Lipinski definition) is 6. The van der Waals surface area contributed by atoms with Crippen molar-refractivity contribution in [3.63, 3.8) is 0 Å². The number of ether oxygens (including phenoxy) is 2. The molecule has 4 heterocycles. The van der Waals surface area contributed by atoms with E-state index in [0.717, 1.165) is 27.8 Å². The van der Waals surface area contributed by atoms with Gasteiger partial charge in [-0.15, -0.1) is 0 Å². The average molecular weight is 485 g/mol. The molecule has 8 nitrogen and oxygen atoms in total. The SMILES string of the molecule is CC(C)(C)OC(=O)N1C2COCC1CC(c1cc(N)n3ncc(I)c3n1)C2. The lowest BCUT2D eigenvalue weighted by molar-refractivity contribution is -0.0827. The Morgan fingerprint density at radius 1 is 1.33 bits per heavy atom. The monoisotopic (exact) mass is 485 g/mol. The zero-order valence-electron chi connectivity index (χ0n) is 15.7.